The number of hydrogen-bond donors (Lipinski definition) is 1. The number of carbonyl (C=O) groups is 1. The van der Waals surface area contributed by atoms with Gasteiger partial charge in [0.05, 0.1) is 11.9 Å². The molecule has 0 aliphatic rings. The van der Waals surface area contributed by atoms with Gasteiger partial charge in [-0.3, -0.25) is 9.36 Å². The smallest absolute Gasteiger partial charge is 0.408 e. The van der Waals surface area contributed by atoms with Crippen LogP contribution in [-0.4, -0.2) is 17.0 Å². The third-order valence-electron chi connectivity index (χ3n) is 3.51. The number of thiophene rings is 1. The average Bonchev–Trinajstić information content (AvgIpc) is 3.08. The molecule has 0 unspecified atom stereocenters. The van der Waals surface area contributed by atoms with Gasteiger partial charge in [-0.15, -0.1) is 11.3 Å². The zero-order valence-electron chi connectivity index (χ0n) is 12.2. The van der Waals surface area contributed by atoms with Crippen molar-refractivity contribution < 1.29 is 9.21 Å². The van der Waals surface area contributed by atoms with E-state index in [0.717, 1.165) is 16.0 Å². The maximum Gasteiger partial charge on any atom is 0.419 e. The van der Waals surface area contributed by atoms with Crippen LogP contribution in [0.4, 0.5) is 0 Å². The Morgan fingerprint density at radius 3 is 3.00 bits per heavy atom. The van der Waals surface area contributed by atoms with Gasteiger partial charge >= 0.3 is 5.76 Å². The summed E-state index contributed by atoms with van der Waals surface area (Å²) in [5.74, 6) is -0.342. The second kappa shape index (κ2) is 6.19. The van der Waals surface area contributed by atoms with Crippen LogP contribution in [0.3, 0.4) is 0 Å². The highest BCUT2D eigenvalue weighted by molar-refractivity contribution is 7.10. The lowest BCUT2D eigenvalue weighted by atomic mass is 10.1. The van der Waals surface area contributed by atoms with E-state index in [1.165, 1.54) is 4.57 Å². The Bertz CT molecular complexity index is 846. The zero-order chi connectivity index (χ0) is 15.5. The number of carbonyl (C=O) groups excluding carboxylic acids is 1. The minimum Gasteiger partial charge on any atom is -0.408 e. The van der Waals surface area contributed by atoms with Crippen molar-refractivity contribution in [2.45, 2.75) is 12.8 Å². The summed E-state index contributed by atoms with van der Waals surface area (Å²) in [7, 11) is 1.68. The van der Waals surface area contributed by atoms with Crippen molar-refractivity contribution in [2.24, 2.45) is 7.05 Å². The largest absolute Gasteiger partial charge is 0.419 e. The molecule has 114 valence electrons. The van der Waals surface area contributed by atoms with E-state index in [2.05, 4.69) is 5.32 Å². The molecule has 22 heavy (non-hydrogen) atoms. The predicted octanol–water partition coefficient (Wildman–Crippen LogP) is 2.09. The molecule has 0 atom stereocenters. The second-order valence-electron chi connectivity index (χ2n) is 5.09. The van der Waals surface area contributed by atoms with Crippen LogP contribution in [0, 0.1) is 0 Å². The van der Waals surface area contributed by atoms with Gasteiger partial charge in [-0.2, -0.15) is 0 Å². The number of aromatic nitrogens is 1. The van der Waals surface area contributed by atoms with E-state index in [1.54, 1.807) is 18.4 Å². The van der Waals surface area contributed by atoms with E-state index in [-0.39, 0.29) is 11.7 Å². The first-order valence-electron chi connectivity index (χ1n) is 7.01. The predicted molar refractivity (Wildman–Crippen MR) is 86.2 cm³/mol. The maximum absolute atomic E-state index is 11.8. The van der Waals surface area contributed by atoms with Gasteiger partial charge in [-0.1, -0.05) is 12.1 Å². The molecule has 1 aromatic carbocycles. The highest BCUT2D eigenvalue weighted by Gasteiger charge is 2.07. The molecule has 0 spiro atoms. The summed E-state index contributed by atoms with van der Waals surface area (Å²) in [6, 6.07) is 9.56. The summed E-state index contributed by atoms with van der Waals surface area (Å²) in [4.78, 5) is 24.3. The minimum atomic E-state index is -0.364. The van der Waals surface area contributed by atoms with Crippen LogP contribution in [-0.2, 0) is 24.7 Å². The maximum atomic E-state index is 11.8. The lowest BCUT2D eigenvalue weighted by Gasteiger charge is -2.04. The molecule has 0 saturated heterocycles. The number of fused-ring (bicyclic) bond motifs is 1. The molecule has 0 fully saturated rings. The van der Waals surface area contributed by atoms with Gasteiger partial charge in [-0.25, -0.2) is 4.79 Å². The van der Waals surface area contributed by atoms with Crippen LogP contribution in [0.1, 0.15) is 10.4 Å². The summed E-state index contributed by atoms with van der Waals surface area (Å²) in [6.45, 7) is 0.562. The topological polar surface area (TPSA) is 64.2 Å². The Morgan fingerprint density at radius 2 is 2.23 bits per heavy atom. The third kappa shape index (κ3) is 3.12. The first kappa shape index (κ1) is 14.6. The summed E-state index contributed by atoms with van der Waals surface area (Å²) in [6.07, 6.45) is 1.12. The molecule has 0 aliphatic carbocycles. The van der Waals surface area contributed by atoms with Crippen LogP contribution in [0.15, 0.2) is 44.9 Å². The monoisotopic (exact) mass is 316 g/mol. The first-order valence-corrected chi connectivity index (χ1v) is 7.89. The molecule has 0 aliphatic heterocycles. The van der Waals surface area contributed by atoms with Gasteiger partial charge in [0.1, 0.15) is 0 Å². The summed E-state index contributed by atoms with van der Waals surface area (Å²) >= 11 is 1.58. The minimum absolute atomic E-state index is 0.0229. The van der Waals surface area contributed by atoms with Crippen molar-refractivity contribution in [3.05, 3.63) is 56.7 Å². The molecular formula is C16H16N2O3S. The lowest BCUT2D eigenvalue weighted by molar-refractivity contribution is -0.120. The number of oxazole rings is 1. The van der Waals surface area contributed by atoms with Crippen LogP contribution >= 0.6 is 11.3 Å². The van der Waals surface area contributed by atoms with Crippen molar-refractivity contribution >= 4 is 28.3 Å². The number of benzene rings is 1. The summed E-state index contributed by atoms with van der Waals surface area (Å²) in [5.41, 5.74) is 2.38. The van der Waals surface area contributed by atoms with Crippen LogP contribution < -0.4 is 11.1 Å². The zero-order valence-corrected chi connectivity index (χ0v) is 13.0. The van der Waals surface area contributed by atoms with E-state index >= 15 is 0 Å². The van der Waals surface area contributed by atoms with Crippen molar-refractivity contribution in [3.8, 4) is 0 Å². The van der Waals surface area contributed by atoms with Gasteiger partial charge in [0.2, 0.25) is 5.91 Å². The molecule has 2 heterocycles. The van der Waals surface area contributed by atoms with Crippen molar-refractivity contribution in [2.75, 3.05) is 6.54 Å². The van der Waals surface area contributed by atoms with Gasteiger partial charge in [-0.05, 0) is 35.6 Å². The molecule has 0 radical (unpaired) electrons. The Kier molecular flexibility index (Phi) is 4.11. The third-order valence-corrected chi connectivity index (χ3v) is 4.38. The van der Waals surface area contributed by atoms with Gasteiger partial charge in [0, 0.05) is 18.5 Å². The Hall–Kier alpha value is -2.34. The van der Waals surface area contributed by atoms with Gasteiger partial charge in [0.15, 0.2) is 5.58 Å². The SMILES string of the molecule is Cn1c(=O)oc2cc(CCNC(=O)Cc3cccs3)ccc21. The fourth-order valence-corrected chi connectivity index (χ4v) is 3.02. The van der Waals surface area contributed by atoms with E-state index in [0.29, 0.717) is 25.0 Å². The number of nitrogens with one attached hydrogen (secondary N) is 1. The number of rotatable bonds is 5. The van der Waals surface area contributed by atoms with Crippen LogP contribution in [0.5, 0.6) is 0 Å². The molecule has 3 rings (SSSR count). The molecular weight excluding hydrogens is 300 g/mol. The van der Waals surface area contributed by atoms with Gasteiger partial charge in [0.25, 0.3) is 0 Å². The quantitative estimate of drug-likeness (QED) is 0.784. The van der Waals surface area contributed by atoms with E-state index < -0.39 is 0 Å². The highest BCUT2D eigenvalue weighted by Crippen LogP contribution is 2.14. The second-order valence-corrected chi connectivity index (χ2v) is 6.12. The van der Waals surface area contributed by atoms with Crippen LogP contribution in [0.25, 0.3) is 11.1 Å². The fraction of sp³-hybridized carbons (Fsp3) is 0.250. The molecule has 0 saturated carbocycles. The Balaban J connectivity index is 1.57. The van der Waals surface area contributed by atoms with Crippen molar-refractivity contribution in [3.63, 3.8) is 0 Å². The molecule has 3 aromatic rings. The summed E-state index contributed by atoms with van der Waals surface area (Å²) in [5, 5.41) is 4.87. The lowest BCUT2D eigenvalue weighted by Crippen LogP contribution is -2.26. The average molecular weight is 316 g/mol. The molecule has 2 aromatic heterocycles. The number of aryl methyl sites for hydroxylation is 1. The number of hydrogen-bond acceptors (Lipinski definition) is 4. The van der Waals surface area contributed by atoms with Gasteiger partial charge < -0.3 is 9.73 Å². The molecule has 5 nitrogen and oxygen atoms in total. The van der Waals surface area contributed by atoms with E-state index in [4.69, 9.17) is 4.42 Å². The number of amides is 1. The van der Waals surface area contributed by atoms with E-state index in [9.17, 15) is 9.59 Å². The molecule has 0 bridgehead atoms. The van der Waals surface area contributed by atoms with Crippen molar-refractivity contribution in [1.82, 2.24) is 9.88 Å². The highest BCUT2D eigenvalue weighted by atomic mass is 32.1. The Morgan fingerprint density at radius 1 is 1.36 bits per heavy atom. The van der Waals surface area contributed by atoms with Crippen molar-refractivity contribution in [1.29, 1.82) is 0 Å². The van der Waals surface area contributed by atoms with E-state index in [1.807, 2.05) is 35.7 Å². The standard InChI is InChI=1S/C16H16N2O3S/c1-18-13-5-4-11(9-14(13)21-16(18)20)6-7-17-15(19)10-12-3-2-8-22-12/h2-5,8-9H,6-7,10H2,1H3,(H,17,19). The molecule has 1 amide bonds. The number of nitrogens with zero attached hydrogens (tertiary/aromatic N) is 1. The van der Waals surface area contributed by atoms with Crippen LogP contribution in [0.2, 0.25) is 0 Å². The molecule has 1 N–H and O–H groups in total. The first-order chi connectivity index (χ1) is 10.6. The normalized spacial score (nSPS) is 11.0. The fourth-order valence-electron chi connectivity index (χ4n) is 2.31. The summed E-state index contributed by atoms with van der Waals surface area (Å²) < 4.78 is 6.63. The Labute approximate surface area is 131 Å². The molecule has 6 heteroatoms.